The van der Waals surface area contributed by atoms with Crippen LogP contribution in [0.15, 0.2) is 42.5 Å². The Labute approximate surface area is 149 Å². The van der Waals surface area contributed by atoms with Crippen molar-refractivity contribution >= 4 is 17.5 Å². The Kier molecular flexibility index (Phi) is 4.62. The van der Waals surface area contributed by atoms with Crippen LogP contribution in [0.5, 0.6) is 0 Å². The van der Waals surface area contributed by atoms with Crippen LogP contribution in [-0.4, -0.2) is 35.8 Å². The van der Waals surface area contributed by atoms with Crippen molar-refractivity contribution < 1.29 is 9.59 Å². The predicted octanol–water partition coefficient (Wildman–Crippen LogP) is 3.49. The molecule has 25 heavy (non-hydrogen) atoms. The van der Waals surface area contributed by atoms with Gasteiger partial charge in [-0.2, -0.15) is 0 Å². The highest BCUT2D eigenvalue weighted by Gasteiger charge is 2.35. The maximum absolute atomic E-state index is 12.9. The van der Waals surface area contributed by atoms with Crippen LogP contribution in [0.25, 0.3) is 0 Å². The number of carbonyl (C=O) groups is 2. The zero-order valence-electron chi connectivity index (χ0n) is 15.2. The first kappa shape index (κ1) is 17.2. The lowest BCUT2D eigenvalue weighted by atomic mass is 10.1. The van der Waals surface area contributed by atoms with E-state index in [0.717, 1.165) is 22.4 Å². The summed E-state index contributed by atoms with van der Waals surface area (Å²) < 4.78 is 0. The summed E-state index contributed by atoms with van der Waals surface area (Å²) in [7, 11) is 0. The quantitative estimate of drug-likeness (QED) is 0.842. The number of nitrogens with zero attached hydrogens (tertiary/aromatic N) is 2. The molecule has 1 saturated heterocycles. The first-order valence-electron chi connectivity index (χ1n) is 8.65. The van der Waals surface area contributed by atoms with E-state index in [4.69, 9.17) is 0 Å². The van der Waals surface area contributed by atoms with E-state index < -0.39 is 6.04 Å². The van der Waals surface area contributed by atoms with E-state index in [1.807, 2.05) is 75.1 Å². The van der Waals surface area contributed by atoms with Crippen LogP contribution in [0.3, 0.4) is 0 Å². The molecule has 0 spiro atoms. The fourth-order valence-electron chi connectivity index (χ4n) is 3.26. The summed E-state index contributed by atoms with van der Waals surface area (Å²) in [6.45, 7) is 8.89. The normalized spacial score (nSPS) is 17.8. The van der Waals surface area contributed by atoms with Crippen molar-refractivity contribution in [1.29, 1.82) is 0 Å². The highest BCUT2D eigenvalue weighted by Crippen LogP contribution is 2.26. The molecule has 1 atom stereocenters. The second-order valence-electron chi connectivity index (χ2n) is 6.82. The Bertz CT molecular complexity index is 811. The van der Waals surface area contributed by atoms with Crippen LogP contribution in [0.4, 0.5) is 5.69 Å². The lowest BCUT2D eigenvalue weighted by molar-refractivity contribution is -0.124. The summed E-state index contributed by atoms with van der Waals surface area (Å²) in [5.41, 5.74) is 4.88. The third-order valence-electron chi connectivity index (χ3n) is 4.87. The molecule has 4 heteroatoms. The molecule has 3 rings (SSSR count). The number of amides is 2. The van der Waals surface area contributed by atoms with E-state index in [9.17, 15) is 9.59 Å². The Balaban J connectivity index is 1.83. The van der Waals surface area contributed by atoms with Gasteiger partial charge in [-0.1, -0.05) is 29.8 Å². The summed E-state index contributed by atoms with van der Waals surface area (Å²) in [6, 6.07) is 13.1. The van der Waals surface area contributed by atoms with Crippen LogP contribution < -0.4 is 4.90 Å². The van der Waals surface area contributed by atoms with E-state index in [2.05, 4.69) is 0 Å². The van der Waals surface area contributed by atoms with E-state index in [1.54, 1.807) is 4.90 Å². The maximum Gasteiger partial charge on any atom is 0.254 e. The number of benzene rings is 2. The zero-order valence-corrected chi connectivity index (χ0v) is 15.2. The largest absolute Gasteiger partial charge is 0.325 e. The molecule has 1 heterocycles. The first-order valence-corrected chi connectivity index (χ1v) is 8.65. The van der Waals surface area contributed by atoms with Crippen LogP contribution in [0, 0.1) is 20.8 Å². The van der Waals surface area contributed by atoms with Crippen molar-refractivity contribution in [2.75, 3.05) is 18.0 Å². The number of rotatable bonds is 2. The van der Waals surface area contributed by atoms with Gasteiger partial charge in [0.15, 0.2) is 0 Å². The van der Waals surface area contributed by atoms with Crippen molar-refractivity contribution in [2.24, 2.45) is 0 Å². The fraction of sp³-hybridized carbons (Fsp3) is 0.333. The van der Waals surface area contributed by atoms with Crippen LogP contribution in [-0.2, 0) is 4.79 Å². The average molecular weight is 336 g/mol. The Morgan fingerprint density at radius 1 is 0.960 bits per heavy atom. The molecule has 0 saturated carbocycles. The van der Waals surface area contributed by atoms with Crippen molar-refractivity contribution in [1.82, 2.24) is 4.90 Å². The van der Waals surface area contributed by atoms with Crippen molar-refractivity contribution in [3.8, 4) is 0 Å². The second kappa shape index (κ2) is 6.71. The Morgan fingerprint density at radius 2 is 1.60 bits per heavy atom. The predicted molar refractivity (Wildman–Crippen MR) is 99.9 cm³/mol. The molecule has 0 aromatic heterocycles. The average Bonchev–Trinajstić information content (AvgIpc) is 2.60. The molecule has 0 unspecified atom stereocenters. The van der Waals surface area contributed by atoms with E-state index >= 15 is 0 Å². The molecule has 0 bridgehead atoms. The van der Waals surface area contributed by atoms with Gasteiger partial charge in [0.25, 0.3) is 5.91 Å². The minimum Gasteiger partial charge on any atom is -0.325 e. The molecule has 2 aromatic carbocycles. The molecule has 2 amide bonds. The van der Waals surface area contributed by atoms with Gasteiger partial charge in [-0.3, -0.25) is 9.59 Å². The molecular weight excluding hydrogens is 312 g/mol. The van der Waals surface area contributed by atoms with Gasteiger partial charge < -0.3 is 9.80 Å². The molecule has 1 aliphatic rings. The summed E-state index contributed by atoms with van der Waals surface area (Å²) in [4.78, 5) is 29.2. The van der Waals surface area contributed by atoms with Gasteiger partial charge in [0.2, 0.25) is 5.91 Å². The fourth-order valence-corrected chi connectivity index (χ4v) is 3.26. The molecule has 4 nitrogen and oxygen atoms in total. The lowest BCUT2D eigenvalue weighted by Crippen LogP contribution is -2.58. The molecule has 1 fully saturated rings. The number of aryl methyl sites for hydroxylation is 3. The summed E-state index contributed by atoms with van der Waals surface area (Å²) >= 11 is 0. The Morgan fingerprint density at radius 3 is 2.28 bits per heavy atom. The van der Waals surface area contributed by atoms with Gasteiger partial charge >= 0.3 is 0 Å². The number of carbonyl (C=O) groups excluding carboxylic acids is 2. The van der Waals surface area contributed by atoms with E-state index in [-0.39, 0.29) is 11.8 Å². The number of piperazine rings is 1. The summed E-state index contributed by atoms with van der Waals surface area (Å²) in [5.74, 6) is -0.109. The molecule has 0 N–H and O–H groups in total. The van der Waals surface area contributed by atoms with Crippen molar-refractivity contribution in [2.45, 2.75) is 33.7 Å². The van der Waals surface area contributed by atoms with Crippen LogP contribution >= 0.6 is 0 Å². The minimum absolute atomic E-state index is 0.0274. The van der Waals surface area contributed by atoms with Gasteiger partial charge in [0.05, 0.1) is 0 Å². The monoisotopic (exact) mass is 336 g/mol. The third kappa shape index (κ3) is 3.29. The summed E-state index contributed by atoms with van der Waals surface area (Å²) in [6.07, 6.45) is 0. The maximum atomic E-state index is 12.9. The number of hydrogen-bond donors (Lipinski definition) is 0. The van der Waals surface area contributed by atoms with Gasteiger partial charge in [0, 0.05) is 24.3 Å². The smallest absolute Gasteiger partial charge is 0.254 e. The standard InChI is InChI=1S/C21H24N2O2/c1-14-6-9-18(10-7-14)21(25)22-11-12-23(20(24)17(22)4)19-13-15(2)5-8-16(19)3/h5-10,13,17H,11-12H2,1-4H3/t17-/m0/s1. The van der Waals surface area contributed by atoms with Gasteiger partial charge in [-0.25, -0.2) is 0 Å². The molecule has 0 radical (unpaired) electrons. The first-order chi connectivity index (χ1) is 11.9. The molecule has 1 aliphatic heterocycles. The van der Waals surface area contributed by atoms with Crippen molar-refractivity contribution in [3.05, 3.63) is 64.7 Å². The topological polar surface area (TPSA) is 40.6 Å². The second-order valence-corrected chi connectivity index (χ2v) is 6.82. The molecule has 0 aliphatic carbocycles. The zero-order chi connectivity index (χ0) is 18.1. The van der Waals surface area contributed by atoms with Gasteiger partial charge in [-0.05, 0) is 57.0 Å². The van der Waals surface area contributed by atoms with E-state index in [1.165, 1.54) is 0 Å². The number of anilines is 1. The van der Waals surface area contributed by atoms with E-state index in [0.29, 0.717) is 18.7 Å². The van der Waals surface area contributed by atoms with Crippen LogP contribution in [0.2, 0.25) is 0 Å². The summed E-state index contributed by atoms with van der Waals surface area (Å²) in [5, 5.41) is 0. The minimum atomic E-state index is -0.470. The van der Waals surface area contributed by atoms with Gasteiger partial charge in [0.1, 0.15) is 6.04 Å². The van der Waals surface area contributed by atoms with Crippen LogP contribution in [0.1, 0.15) is 34.0 Å². The molecule has 2 aromatic rings. The van der Waals surface area contributed by atoms with Crippen molar-refractivity contribution in [3.63, 3.8) is 0 Å². The SMILES string of the molecule is Cc1ccc(C(=O)N2CCN(c3cc(C)ccc3C)C(=O)[C@@H]2C)cc1. The molecule has 130 valence electrons. The highest BCUT2D eigenvalue weighted by molar-refractivity contribution is 6.03. The number of hydrogen-bond acceptors (Lipinski definition) is 2. The molecular formula is C21H24N2O2. The highest BCUT2D eigenvalue weighted by atomic mass is 16.2. The Hall–Kier alpha value is -2.62. The third-order valence-corrected chi connectivity index (χ3v) is 4.87. The lowest BCUT2D eigenvalue weighted by Gasteiger charge is -2.39. The van der Waals surface area contributed by atoms with Gasteiger partial charge in [-0.15, -0.1) is 0 Å².